The highest BCUT2D eigenvalue weighted by molar-refractivity contribution is 6.05. The van der Waals surface area contributed by atoms with Crippen LogP contribution in [0.4, 0.5) is 4.39 Å². The average Bonchev–Trinajstić information content (AvgIpc) is 3.14. The summed E-state index contributed by atoms with van der Waals surface area (Å²) >= 11 is 0. The van der Waals surface area contributed by atoms with E-state index in [1.54, 1.807) is 0 Å². The summed E-state index contributed by atoms with van der Waals surface area (Å²) in [4.78, 5) is 52.9. The Bertz CT molecular complexity index is 1000. The van der Waals surface area contributed by atoms with Crippen LogP contribution in [-0.4, -0.2) is 65.1 Å². The van der Waals surface area contributed by atoms with Crippen molar-refractivity contribution in [3.63, 3.8) is 0 Å². The molecule has 8 nitrogen and oxygen atoms in total. The Hall–Kier alpha value is -2.81. The fourth-order valence-electron chi connectivity index (χ4n) is 5.41. The highest BCUT2D eigenvalue weighted by Gasteiger charge is 2.41. The first-order chi connectivity index (χ1) is 16.7. The van der Waals surface area contributed by atoms with E-state index in [0.717, 1.165) is 30.5 Å². The van der Waals surface area contributed by atoms with Crippen LogP contribution in [0.3, 0.4) is 0 Å². The Kier molecular flexibility index (Phi) is 7.84. The van der Waals surface area contributed by atoms with Gasteiger partial charge in [-0.2, -0.15) is 0 Å². The van der Waals surface area contributed by atoms with Gasteiger partial charge in [0.2, 0.25) is 17.7 Å². The van der Waals surface area contributed by atoms with E-state index >= 15 is 0 Å². The molecule has 35 heavy (non-hydrogen) atoms. The van der Waals surface area contributed by atoms with Gasteiger partial charge in [0, 0.05) is 44.1 Å². The molecule has 3 heterocycles. The van der Waals surface area contributed by atoms with Crippen molar-refractivity contribution in [3.8, 4) is 0 Å². The molecule has 0 saturated carbocycles. The minimum absolute atomic E-state index is 0.0493. The molecule has 2 saturated heterocycles. The van der Waals surface area contributed by atoms with Gasteiger partial charge in [0.05, 0.1) is 0 Å². The molecule has 2 N–H and O–H groups in total. The number of hydrogen-bond donors (Lipinski definition) is 2. The van der Waals surface area contributed by atoms with Crippen molar-refractivity contribution in [3.05, 3.63) is 34.6 Å². The second kappa shape index (κ2) is 10.8. The molecule has 3 aliphatic heterocycles. The van der Waals surface area contributed by atoms with E-state index in [0.29, 0.717) is 44.0 Å². The third kappa shape index (κ3) is 5.72. The number of amides is 4. The predicted octanol–water partition coefficient (Wildman–Crippen LogP) is 2.46. The first kappa shape index (κ1) is 25.3. The van der Waals surface area contributed by atoms with Gasteiger partial charge in [-0.1, -0.05) is 13.8 Å². The lowest BCUT2D eigenvalue weighted by atomic mass is 9.85. The maximum Gasteiger partial charge on any atom is 0.255 e. The fraction of sp³-hybridized carbons (Fsp3) is 0.615. The van der Waals surface area contributed by atoms with E-state index in [1.165, 1.54) is 17.0 Å². The van der Waals surface area contributed by atoms with E-state index in [1.807, 2.05) is 4.90 Å². The molecule has 0 bridgehead atoms. The monoisotopic (exact) mass is 486 g/mol. The number of fused-ring (bicyclic) bond motifs is 1. The Morgan fingerprint density at radius 2 is 1.89 bits per heavy atom. The van der Waals surface area contributed by atoms with Crippen molar-refractivity contribution in [2.24, 2.45) is 0 Å². The summed E-state index contributed by atoms with van der Waals surface area (Å²) in [7, 11) is 0. The molecule has 0 spiro atoms. The van der Waals surface area contributed by atoms with Gasteiger partial charge in [-0.3, -0.25) is 24.5 Å². The number of nitrogens with zero attached hydrogens (tertiary/aromatic N) is 2. The van der Waals surface area contributed by atoms with Crippen molar-refractivity contribution in [2.75, 3.05) is 19.6 Å². The molecule has 4 amide bonds. The number of unbranched alkanes of at least 4 members (excludes halogenated alkanes) is 1. The van der Waals surface area contributed by atoms with E-state index in [2.05, 4.69) is 24.5 Å². The van der Waals surface area contributed by atoms with Gasteiger partial charge in [-0.05, 0) is 67.8 Å². The first-order valence-electron chi connectivity index (χ1n) is 12.7. The van der Waals surface area contributed by atoms with Crippen molar-refractivity contribution in [1.29, 1.82) is 0 Å². The van der Waals surface area contributed by atoms with Crippen LogP contribution >= 0.6 is 0 Å². The molecule has 9 heteroatoms. The lowest BCUT2D eigenvalue weighted by molar-refractivity contribution is -0.137. The molecule has 4 rings (SSSR count). The number of piperidine rings is 2. The van der Waals surface area contributed by atoms with Gasteiger partial charge >= 0.3 is 0 Å². The fourth-order valence-corrected chi connectivity index (χ4v) is 5.41. The molecule has 3 aliphatic rings. The average molecular weight is 487 g/mol. The van der Waals surface area contributed by atoms with Gasteiger partial charge < -0.3 is 15.1 Å². The third-order valence-electron chi connectivity index (χ3n) is 7.31. The van der Waals surface area contributed by atoms with Crippen LogP contribution in [0.2, 0.25) is 0 Å². The van der Waals surface area contributed by atoms with Gasteiger partial charge in [-0.25, -0.2) is 4.39 Å². The van der Waals surface area contributed by atoms with Crippen molar-refractivity contribution >= 4 is 23.6 Å². The molecule has 0 aliphatic carbocycles. The number of nitrogens with one attached hydrogen (secondary N) is 2. The summed E-state index contributed by atoms with van der Waals surface area (Å²) in [5.74, 6) is -1.43. The highest BCUT2D eigenvalue weighted by Crippen LogP contribution is 2.37. The zero-order valence-electron chi connectivity index (χ0n) is 20.6. The number of benzene rings is 1. The SMILES string of the molecule is CC(C)NCCCCC(=O)N1CCC(c2cc(F)cc3c2CN(C2CCC(=O)NC2=O)C3=O)CC1. The quantitative estimate of drug-likeness (QED) is 0.435. The summed E-state index contributed by atoms with van der Waals surface area (Å²) in [6, 6.07) is 2.48. The first-order valence-corrected chi connectivity index (χ1v) is 12.7. The maximum absolute atomic E-state index is 14.5. The molecule has 0 radical (unpaired) electrons. The molecule has 1 atom stereocenters. The zero-order chi connectivity index (χ0) is 25.1. The smallest absolute Gasteiger partial charge is 0.255 e. The number of carbonyl (C=O) groups excluding carboxylic acids is 4. The van der Waals surface area contributed by atoms with E-state index in [9.17, 15) is 23.6 Å². The van der Waals surface area contributed by atoms with Crippen molar-refractivity contribution < 1.29 is 23.6 Å². The number of imide groups is 1. The lowest BCUT2D eigenvalue weighted by Gasteiger charge is -2.33. The Labute approximate surface area is 205 Å². The molecule has 1 unspecified atom stereocenters. The van der Waals surface area contributed by atoms with Crippen molar-refractivity contribution in [1.82, 2.24) is 20.4 Å². The maximum atomic E-state index is 14.5. The summed E-state index contributed by atoms with van der Waals surface area (Å²) in [6.07, 6.45) is 4.23. The summed E-state index contributed by atoms with van der Waals surface area (Å²) in [6.45, 7) is 6.58. The van der Waals surface area contributed by atoms with Gasteiger partial charge in [0.25, 0.3) is 5.91 Å². The molecule has 0 aromatic heterocycles. The summed E-state index contributed by atoms with van der Waals surface area (Å²) in [5.41, 5.74) is 1.87. The van der Waals surface area contributed by atoms with E-state index < -0.39 is 17.8 Å². The molecule has 1 aromatic rings. The Morgan fingerprint density at radius 1 is 1.14 bits per heavy atom. The number of rotatable bonds is 8. The lowest BCUT2D eigenvalue weighted by Crippen LogP contribution is -2.52. The van der Waals surface area contributed by atoms with Crippen LogP contribution < -0.4 is 10.6 Å². The third-order valence-corrected chi connectivity index (χ3v) is 7.31. The molecule has 190 valence electrons. The second-order valence-corrected chi connectivity index (χ2v) is 10.1. The number of hydrogen-bond acceptors (Lipinski definition) is 5. The summed E-state index contributed by atoms with van der Waals surface area (Å²) < 4.78 is 14.5. The minimum atomic E-state index is -0.723. The van der Waals surface area contributed by atoms with Gasteiger partial charge in [-0.15, -0.1) is 0 Å². The topological polar surface area (TPSA) is 98.8 Å². The number of carbonyl (C=O) groups is 4. The predicted molar refractivity (Wildman–Crippen MR) is 128 cm³/mol. The molecular formula is C26H35FN4O4. The van der Waals surface area contributed by atoms with Gasteiger partial charge in [0.1, 0.15) is 11.9 Å². The van der Waals surface area contributed by atoms with Crippen LogP contribution in [0.25, 0.3) is 0 Å². The zero-order valence-corrected chi connectivity index (χ0v) is 20.6. The van der Waals surface area contributed by atoms with E-state index in [-0.39, 0.29) is 43.0 Å². The van der Waals surface area contributed by atoms with Crippen LogP contribution in [0.15, 0.2) is 12.1 Å². The largest absolute Gasteiger partial charge is 0.343 e. The molecule has 2 fully saturated rings. The second-order valence-electron chi connectivity index (χ2n) is 10.1. The van der Waals surface area contributed by atoms with Crippen molar-refractivity contribution in [2.45, 2.75) is 83.3 Å². The van der Waals surface area contributed by atoms with Crippen LogP contribution in [-0.2, 0) is 20.9 Å². The number of halogens is 1. The number of likely N-dealkylation sites (tertiary alicyclic amines) is 1. The summed E-state index contributed by atoms with van der Waals surface area (Å²) in [5, 5.41) is 5.66. The Balaban J connectivity index is 1.37. The molecule has 1 aromatic carbocycles. The molecular weight excluding hydrogens is 451 g/mol. The van der Waals surface area contributed by atoms with Crippen LogP contribution in [0.5, 0.6) is 0 Å². The van der Waals surface area contributed by atoms with Gasteiger partial charge in [0.15, 0.2) is 0 Å². The van der Waals surface area contributed by atoms with Crippen LogP contribution in [0, 0.1) is 5.82 Å². The minimum Gasteiger partial charge on any atom is -0.343 e. The highest BCUT2D eigenvalue weighted by atomic mass is 19.1. The Morgan fingerprint density at radius 3 is 2.57 bits per heavy atom. The standard InChI is InChI=1S/C26H35FN4O4/c1-16(2)28-10-4-3-5-24(33)30-11-8-17(9-12-30)19-13-18(27)14-20-21(19)15-31(26(20)35)22-6-7-23(32)29-25(22)34/h13-14,16-17,22,28H,3-12,15H2,1-2H3,(H,29,32,34). The van der Waals surface area contributed by atoms with Crippen LogP contribution in [0.1, 0.15) is 86.2 Å². The van der Waals surface area contributed by atoms with E-state index in [4.69, 9.17) is 0 Å². The normalized spacial score (nSPS) is 21.0.